The number of anilines is 1. The molecule has 1 aliphatic rings. The zero-order chi connectivity index (χ0) is 25.3. The fourth-order valence-electron chi connectivity index (χ4n) is 3.89. The average Bonchev–Trinajstić information content (AvgIpc) is 3.36. The van der Waals surface area contributed by atoms with Crippen LogP contribution in [0.4, 0.5) is 5.13 Å². The molecular formula is C26H24N2O6S. The Morgan fingerprint density at radius 1 is 1.09 bits per heavy atom. The topological polar surface area (TPSA) is 106 Å². The van der Waals surface area contributed by atoms with Crippen LogP contribution in [0.5, 0.6) is 5.75 Å². The number of aliphatic hydroxyl groups excluding tert-OH is 1. The Balaban J connectivity index is 1.89. The lowest BCUT2D eigenvalue weighted by Crippen LogP contribution is -2.29. The molecule has 35 heavy (non-hydrogen) atoms. The van der Waals surface area contributed by atoms with Gasteiger partial charge in [0.2, 0.25) is 0 Å². The van der Waals surface area contributed by atoms with Crippen LogP contribution in [0.2, 0.25) is 0 Å². The van der Waals surface area contributed by atoms with E-state index in [-0.39, 0.29) is 21.3 Å². The summed E-state index contributed by atoms with van der Waals surface area (Å²) in [7, 11) is 1.26. The van der Waals surface area contributed by atoms with Crippen LogP contribution in [0, 0.1) is 13.8 Å². The van der Waals surface area contributed by atoms with E-state index >= 15 is 0 Å². The Bertz CT molecular complexity index is 1320. The Labute approximate surface area is 206 Å². The van der Waals surface area contributed by atoms with Crippen molar-refractivity contribution in [2.24, 2.45) is 0 Å². The summed E-state index contributed by atoms with van der Waals surface area (Å²) in [5, 5.41) is 11.4. The molecule has 1 saturated heterocycles. The van der Waals surface area contributed by atoms with Gasteiger partial charge in [0.25, 0.3) is 5.78 Å². The number of hydrogen-bond donors (Lipinski definition) is 1. The first kappa shape index (κ1) is 24.2. The summed E-state index contributed by atoms with van der Waals surface area (Å²) in [5.74, 6) is -1.94. The Hall–Kier alpha value is -3.98. The number of carbonyl (C=O) groups is 3. The van der Waals surface area contributed by atoms with Gasteiger partial charge in [-0.3, -0.25) is 14.5 Å². The predicted octanol–water partition coefficient (Wildman–Crippen LogP) is 4.57. The SMILES string of the molecule is CCOc1ccc(C(O)=C2C(=O)C(=O)N(c3nc(C)c(C(=O)OC)s3)[C@H]2c2ccc(C)cc2)cc1. The van der Waals surface area contributed by atoms with Gasteiger partial charge in [-0.15, -0.1) is 0 Å². The molecule has 0 spiro atoms. The molecule has 3 aromatic rings. The highest BCUT2D eigenvalue weighted by Gasteiger charge is 2.48. The van der Waals surface area contributed by atoms with Crippen molar-refractivity contribution in [3.8, 4) is 5.75 Å². The fraction of sp³-hybridized carbons (Fsp3) is 0.231. The summed E-state index contributed by atoms with van der Waals surface area (Å²) in [5.41, 5.74) is 2.31. The molecule has 1 fully saturated rings. The number of ketones is 1. The zero-order valence-corrected chi connectivity index (χ0v) is 20.5. The average molecular weight is 493 g/mol. The maximum absolute atomic E-state index is 13.3. The van der Waals surface area contributed by atoms with Gasteiger partial charge in [0.15, 0.2) is 5.13 Å². The van der Waals surface area contributed by atoms with Gasteiger partial charge in [0.1, 0.15) is 16.4 Å². The lowest BCUT2D eigenvalue weighted by Gasteiger charge is -2.23. The number of benzene rings is 2. The second kappa shape index (κ2) is 9.71. The second-order valence-electron chi connectivity index (χ2n) is 7.94. The number of Topliss-reactive ketones (excluding diaryl/α,β-unsaturated/α-hetero) is 1. The number of methoxy groups -OCH3 is 1. The Morgan fingerprint density at radius 2 is 1.74 bits per heavy atom. The number of amides is 1. The Kier molecular flexibility index (Phi) is 6.70. The van der Waals surface area contributed by atoms with Crippen LogP contribution in [0.3, 0.4) is 0 Å². The maximum atomic E-state index is 13.3. The van der Waals surface area contributed by atoms with Crippen LogP contribution in [0.15, 0.2) is 54.1 Å². The van der Waals surface area contributed by atoms with Crippen LogP contribution >= 0.6 is 11.3 Å². The molecule has 0 aliphatic carbocycles. The number of carbonyl (C=O) groups excluding carboxylic acids is 3. The minimum atomic E-state index is -0.932. The van der Waals surface area contributed by atoms with E-state index in [0.717, 1.165) is 16.9 Å². The van der Waals surface area contributed by atoms with Crippen LogP contribution in [-0.2, 0) is 14.3 Å². The zero-order valence-electron chi connectivity index (χ0n) is 19.7. The van der Waals surface area contributed by atoms with Gasteiger partial charge in [-0.1, -0.05) is 41.2 Å². The quantitative estimate of drug-likeness (QED) is 0.232. The van der Waals surface area contributed by atoms with Crippen LogP contribution in [-0.4, -0.2) is 41.5 Å². The number of aliphatic hydroxyl groups is 1. The minimum absolute atomic E-state index is 0.0597. The molecule has 8 nitrogen and oxygen atoms in total. The smallest absolute Gasteiger partial charge is 0.350 e. The Morgan fingerprint density at radius 3 is 2.34 bits per heavy atom. The predicted molar refractivity (Wildman–Crippen MR) is 132 cm³/mol. The van der Waals surface area contributed by atoms with Crippen molar-refractivity contribution < 1.29 is 29.0 Å². The van der Waals surface area contributed by atoms with Crippen molar-refractivity contribution in [2.75, 3.05) is 18.6 Å². The largest absolute Gasteiger partial charge is 0.507 e. The number of hydrogen-bond acceptors (Lipinski definition) is 8. The first-order valence-corrected chi connectivity index (χ1v) is 11.7. The molecule has 1 amide bonds. The number of ether oxygens (including phenoxy) is 2. The maximum Gasteiger partial charge on any atom is 0.350 e. The van der Waals surface area contributed by atoms with Crippen molar-refractivity contribution in [1.82, 2.24) is 4.98 Å². The van der Waals surface area contributed by atoms with E-state index in [1.54, 1.807) is 43.3 Å². The van der Waals surface area contributed by atoms with Gasteiger partial charge >= 0.3 is 11.9 Å². The number of nitrogens with zero attached hydrogens (tertiary/aromatic N) is 2. The number of aryl methyl sites for hydroxylation is 2. The van der Waals surface area contributed by atoms with Gasteiger partial charge in [0, 0.05) is 5.56 Å². The number of thiazole rings is 1. The molecule has 1 atom stereocenters. The van der Waals surface area contributed by atoms with Gasteiger partial charge in [-0.2, -0.15) is 0 Å². The highest BCUT2D eigenvalue weighted by molar-refractivity contribution is 7.17. The summed E-state index contributed by atoms with van der Waals surface area (Å²) in [6.45, 7) is 5.91. The summed E-state index contributed by atoms with van der Waals surface area (Å²) >= 11 is 0.960. The van der Waals surface area contributed by atoms with E-state index in [2.05, 4.69) is 4.98 Å². The van der Waals surface area contributed by atoms with E-state index in [4.69, 9.17) is 9.47 Å². The summed E-state index contributed by atoms with van der Waals surface area (Å²) in [6, 6.07) is 13.0. The minimum Gasteiger partial charge on any atom is -0.507 e. The lowest BCUT2D eigenvalue weighted by molar-refractivity contribution is -0.132. The highest BCUT2D eigenvalue weighted by Crippen LogP contribution is 2.44. The van der Waals surface area contributed by atoms with E-state index in [0.29, 0.717) is 29.2 Å². The van der Waals surface area contributed by atoms with Gasteiger partial charge < -0.3 is 14.6 Å². The van der Waals surface area contributed by atoms with E-state index in [1.807, 2.05) is 26.0 Å². The normalized spacial score (nSPS) is 17.0. The monoisotopic (exact) mass is 492 g/mol. The van der Waals surface area contributed by atoms with Gasteiger partial charge in [-0.25, -0.2) is 9.78 Å². The standard InChI is InChI=1S/C26H24N2O6S/c1-5-34-18-12-10-17(11-13-18)21(29)19-20(16-8-6-14(2)7-9-16)28(24(31)22(19)30)26-27-15(3)23(35-26)25(32)33-4/h6-13,20,29H,5H2,1-4H3/t20-/m0/s1. The molecule has 2 heterocycles. The van der Waals surface area contributed by atoms with Crippen molar-refractivity contribution in [3.05, 3.63) is 81.4 Å². The fourth-order valence-corrected chi connectivity index (χ4v) is 4.90. The molecule has 0 saturated carbocycles. The molecule has 180 valence electrons. The molecule has 2 aromatic carbocycles. The van der Waals surface area contributed by atoms with E-state index < -0.39 is 23.7 Å². The van der Waals surface area contributed by atoms with E-state index in [1.165, 1.54) is 12.0 Å². The first-order chi connectivity index (χ1) is 16.8. The number of rotatable bonds is 6. The van der Waals surface area contributed by atoms with Crippen LogP contribution in [0.25, 0.3) is 5.76 Å². The van der Waals surface area contributed by atoms with Crippen molar-refractivity contribution in [3.63, 3.8) is 0 Å². The van der Waals surface area contributed by atoms with Crippen molar-refractivity contribution in [1.29, 1.82) is 0 Å². The molecular weight excluding hydrogens is 468 g/mol. The number of aromatic nitrogens is 1. The third-order valence-electron chi connectivity index (χ3n) is 5.64. The van der Waals surface area contributed by atoms with Crippen LogP contribution < -0.4 is 9.64 Å². The molecule has 1 N–H and O–H groups in total. The molecule has 4 rings (SSSR count). The third-order valence-corrected chi connectivity index (χ3v) is 6.78. The first-order valence-electron chi connectivity index (χ1n) is 10.9. The van der Waals surface area contributed by atoms with E-state index in [9.17, 15) is 19.5 Å². The van der Waals surface area contributed by atoms with Crippen molar-refractivity contribution in [2.45, 2.75) is 26.8 Å². The summed E-state index contributed by atoms with van der Waals surface area (Å²) in [4.78, 5) is 44.5. The summed E-state index contributed by atoms with van der Waals surface area (Å²) in [6.07, 6.45) is 0. The molecule has 0 bridgehead atoms. The third kappa shape index (κ3) is 4.42. The molecule has 9 heteroatoms. The molecule has 0 radical (unpaired) electrons. The molecule has 0 unspecified atom stereocenters. The van der Waals surface area contributed by atoms with Gasteiger partial charge in [-0.05, 0) is 50.6 Å². The highest BCUT2D eigenvalue weighted by atomic mass is 32.1. The second-order valence-corrected chi connectivity index (χ2v) is 8.92. The number of esters is 1. The summed E-state index contributed by atoms with van der Waals surface area (Å²) < 4.78 is 10.3. The van der Waals surface area contributed by atoms with Crippen molar-refractivity contribution >= 4 is 39.9 Å². The van der Waals surface area contributed by atoms with Gasteiger partial charge in [0.05, 0.1) is 31.0 Å². The molecule has 1 aromatic heterocycles. The lowest BCUT2D eigenvalue weighted by atomic mass is 9.95. The van der Waals surface area contributed by atoms with Crippen LogP contribution in [0.1, 0.15) is 45.0 Å². The molecule has 1 aliphatic heterocycles.